The Balaban J connectivity index is 0.00000243. The van der Waals surface area contributed by atoms with E-state index in [4.69, 9.17) is 5.73 Å². The summed E-state index contributed by atoms with van der Waals surface area (Å²) in [6.45, 7) is 6.47. The predicted molar refractivity (Wildman–Crippen MR) is 112 cm³/mol. The van der Waals surface area contributed by atoms with Gasteiger partial charge in [0.2, 0.25) is 5.91 Å². The fraction of sp³-hybridized carbons (Fsp3) is 0.381. The summed E-state index contributed by atoms with van der Waals surface area (Å²) in [5.41, 5.74) is 9.33. The fourth-order valence-electron chi connectivity index (χ4n) is 3.34. The Labute approximate surface area is 166 Å². The van der Waals surface area contributed by atoms with E-state index in [1.165, 1.54) is 16.0 Å². The smallest absolute Gasteiger partial charge is 0.240 e. The van der Waals surface area contributed by atoms with Crippen molar-refractivity contribution >= 4 is 30.1 Å². The van der Waals surface area contributed by atoms with Crippen LogP contribution in [0.1, 0.15) is 28.4 Å². The van der Waals surface area contributed by atoms with E-state index >= 15 is 0 Å². The van der Waals surface area contributed by atoms with Crippen LogP contribution in [-0.2, 0) is 4.79 Å². The van der Waals surface area contributed by atoms with Crippen LogP contribution in [0.2, 0.25) is 0 Å². The molecule has 5 heteroatoms. The van der Waals surface area contributed by atoms with E-state index in [0.717, 1.165) is 25.1 Å². The average Bonchev–Trinajstić information content (AvgIpc) is 3.10. The molecule has 1 aliphatic rings. The van der Waals surface area contributed by atoms with Gasteiger partial charge < -0.3 is 10.6 Å². The molecule has 0 aromatic heterocycles. The number of hydrogen-bond donors (Lipinski definition) is 1. The number of aryl methyl sites for hydroxylation is 2. The molecule has 3 rings (SSSR count). The SMILES string of the molecule is Cc1ccc(SC(C(=O)N2CCC(CN)C2)c2ccccc2)c(C)c1.Cl. The van der Waals surface area contributed by atoms with E-state index in [9.17, 15) is 4.79 Å². The minimum absolute atomic E-state index is 0. The maximum absolute atomic E-state index is 13.3. The Morgan fingerprint density at radius 2 is 1.96 bits per heavy atom. The highest BCUT2D eigenvalue weighted by atomic mass is 35.5. The summed E-state index contributed by atoms with van der Waals surface area (Å²) in [4.78, 5) is 16.4. The van der Waals surface area contributed by atoms with Gasteiger partial charge in [0.15, 0.2) is 0 Å². The van der Waals surface area contributed by atoms with Crippen molar-refractivity contribution in [1.82, 2.24) is 4.90 Å². The molecule has 1 heterocycles. The summed E-state index contributed by atoms with van der Waals surface area (Å²) in [6.07, 6.45) is 1.01. The third-order valence-electron chi connectivity index (χ3n) is 4.83. The van der Waals surface area contributed by atoms with Crippen molar-refractivity contribution in [2.24, 2.45) is 11.7 Å². The molecule has 2 aromatic carbocycles. The number of amides is 1. The number of carbonyl (C=O) groups is 1. The molecule has 0 aliphatic carbocycles. The van der Waals surface area contributed by atoms with Crippen molar-refractivity contribution < 1.29 is 4.79 Å². The molecule has 2 atom stereocenters. The first kappa shape index (κ1) is 20.8. The van der Waals surface area contributed by atoms with Crippen LogP contribution in [0, 0.1) is 19.8 Å². The monoisotopic (exact) mass is 390 g/mol. The lowest BCUT2D eigenvalue weighted by Crippen LogP contribution is -2.33. The normalized spacial score (nSPS) is 17.7. The van der Waals surface area contributed by atoms with Crippen molar-refractivity contribution in [3.63, 3.8) is 0 Å². The first-order valence-corrected chi connectivity index (χ1v) is 9.74. The van der Waals surface area contributed by atoms with E-state index < -0.39 is 0 Å². The van der Waals surface area contributed by atoms with Crippen LogP contribution < -0.4 is 5.73 Å². The quantitative estimate of drug-likeness (QED) is 0.771. The van der Waals surface area contributed by atoms with Gasteiger partial charge in [-0.3, -0.25) is 4.79 Å². The number of benzene rings is 2. The Kier molecular flexibility index (Phi) is 7.56. The van der Waals surface area contributed by atoms with Crippen molar-refractivity contribution in [2.75, 3.05) is 19.6 Å². The first-order valence-electron chi connectivity index (χ1n) is 8.86. The largest absolute Gasteiger partial charge is 0.341 e. The molecule has 0 radical (unpaired) electrons. The molecule has 140 valence electrons. The Hall–Kier alpha value is -1.49. The van der Waals surface area contributed by atoms with Crippen LogP contribution in [0.5, 0.6) is 0 Å². The number of halogens is 1. The molecular weight excluding hydrogens is 364 g/mol. The van der Waals surface area contributed by atoms with Crippen LogP contribution in [0.15, 0.2) is 53.4 Å². The van der Waals surface area contributed by atoms with Crippen LogP contribution in [0.4, 0.5) is 0 Å². The van der Waals surface area contributed by atoms with Gasteiger partial charge in [0.1, 0.15) is 5.25 Å². The van der Waals surface area contributed by atoms with Crippen LogP contribution in [-0.4, -0.2) is 30.4 Å². The van der Waals surface area contributed by atoms with Crippen molar-refractivity contribution in [3.8, 4) is 0 Å². The van der Waals surface area contributed by atoms with Gasteiger partial charge in [-0.1, -0.05) is 48.0 Å². The maximum atomic E-state index is 13.3. The van der Waals surface area contributed by atoms with Gasteiger partial charge in [-0.15, -0.1) is 24.2 Å². The second-order valence-electron chi connectivity index (χ2n) is 6.85. The highest BCUT2D eigenvalue weighted by molar-refractivity contribution is 8.00. The van der Waals surface area contributed by atoms with Gasteiger partial charge in [0.25, 0.3) is 0 Å². The van der Waals surface area contributed by atoms with Gasteiger partial charge in [-0.05, 0) is 49.9 Å². The maximum Gasteiger partial charge on any atom is 0.240 e. The first-order chi connectivity index (χ1) is 12.1. The van der Waals surface area contributed by atoms with Gasteiger partial charge in [0, 0.05) is 18.0 Å². The van der Waals surface area contributed by atoms with Gasteiger partial charge >= 0.3 is 0 Å². The second kappa shape index (κ2) is 9.45. The fourth-order valence-corrected chi connectivity index (χ4v) is 4.53. The van der Waals surface area contributed by atoms with Crippen molar-refractivity contribution in [3.05, 3.63) is 65.2 Å². The van der Waals surface area contributed by atoms with Crippen LogP contribution >= 0.6 is 24.2 Å². The molecule has 1 amide bonds. The molecule has 0 saturated carbocycles. The summed E-state index contributed by atoms with van der Waals surface area (Å²) in [5, 5.41) is -0.209. The van der Waals surface area contributed by atoms with Gasteiger partial charge in [-0.2, -0.15) is 0 Å². The molecule has 0 spiro atoms. The molecule has 1 fully saturated rings. The summed E-state index contributed by atoms with van der Waals surface area (Å²) < 4.78 is 0. The molecule has 3 nitrogen and oxygen atoms in total. The zero-order valence-electron chi connectivity index (χ0n) is 15.4. The van der Waals surface area contributed by atoms with Gasteiger partial charge in [-0.25, -0.2) is 0 Å². The Bertz CT molecular complexity index is 738. The third kappa shape index (κ3) is 4.81. The second-order valence-corrected chi connectivity index (χ2v) is 8.00. The molecule has 1 saturated heterocycles. The predicted octanol–water partition coefficient (Wildman–Crippen LogP) is 4.37. The number of likely N-dealkylation sites (tertiary alicyclic amines) is 1. The molecule has 1 aliphatic heterocycles. The number of rotatable bonds is 5. The van der Waals surface area contributed by atoms with Gasteiger partial charge in [0.05, 0.1) is 0 Å². The zero-order valence-corrected chi connectivity index (χ0v) is 17.0. The molecule has 0 bridgehead atoms. The summed E-state index contributed by atoms with van der Waals surface area (Å²) in [5.74, 6) is 0.638. The minimum Gasteiger partial charge on any atom is -0.341 e. The number of nitrogens with zero attached hydrogens (tertiary/aromatic N) is 1. The highest BCUT2D eigenvalue weighted by Crippen LogP contribution is 2.39. The highest BCUT2D eigenvalue weighted by Gasteiger charge is 2.32. The number of thioether (sulfide) groups is 1. The molecule has 2 N–H and O–H groups in total. The summed E-state index contributed by atoms with van der Waals surface area (Å²) in [7, 11) is 0. The average molecular weight is 391 g/mol. The lowest BCUT2D eigenvalue weighted by Gasteiger charge is -2.24. The summed E-state index contributed by atoms with van der Waals surface area (Å²) in [6, 6.07) is 16.5. The van der Waals surface area contributed by atoms with E-state index in [1.807, 2.05) is 23.1 Å². The standard InChI is InChI=1S/C21H26N2OS.ClH/c1-15-8-9-19(16(2)12-15)25-20(18-6-4-3-5-7-18)21(24)23-11-10-17(13-22)14-23;/h3-9,12,17,20H,10-11,13-14,22H2,1-2H3;1H. The lowest BCUT2D eigenvalue weighted by atomic mass is 10.1. The number of carbonyl (C=O) groups excluding carboxylic acids is 1. The van der Waals surface area contributed by atoms with Crippen LogP contribution in [0.25, 0.3) is 0 Å². The van der Waals surface area contributed by atoms with E-state index in [-0.39, 0.29) is 23.6 Å². The number of nitrogens with two attached hydrogens (primary N) is 1. The van der Waals surface area contributed by atoms with Crippen molar-refractivity contribution in [2.45, 2.75) is 30.4 Å². The molecule has 2 aromatic rings. The van der Waals surface area contributed by atoms with E-state index in [1.54, 1.807) is 11.8 Å². The molecule has 2 unspecified atom stereocenters. The lowest BCUT2D eigenvalue weighted by molar-refractivity contribution is -0.129. The van der Waals surface area contributed by atoms with E-state index in [0.29, 0.717) is 12.5 Å². The third-order valence-corrected chi connectivity index (χ3v) is 6.25. The topological polar surface area (TPSA) is 46.3 Å². The minimum atomic E-state index is -0.209. The van der Waals surface area contributed by atoms with Crippen LogP contribution in [0.3, 0.4) is 0 Å². The zero-order chi connectivity index (χ0) is 17.8. The Morgan fingerprint density at radius 3 is 2.58 bits per heavy atom. The Morgan fingerprint density at radius 1 is 1.23 bits per heavy atom. The molecule has 26 heavy (non-hydrogen) atoms. The summed E-state index contributed by atoms with van der Waals surface area (Å²) >= 11 is 1.66. The molecular formula is C21H27ClN2OS. The van der Waals surface area contributed by atoms with Crippen molar-refractivity contribution in [1.29, 1.82) is 0 Å². The number of hydrogen-bond acceptors (Lipinski definition) is 3. The van der Waals surface area contributed by atoms with E-state index in [2.05, 4.69) is 44.2 Å².